The van der Waals surface area contributed by atoms with Crippen molar-refractivity contribution in [2.24, 2.45) is 0 Å². The Morgan fingerprint density at radius 3 is 3.00 bits per heavy atom. The molecule has 5 heteroatoms. The molecule has 1 fully saturated rings. The Morgan fingerprint density at radius 1 is 1.60 bits per heavy atom. The van der Waals surface area contributed by atoms with E-state index in [4.69, 9.17) is 0 Å². The number of carbonyl (C=O) groups is 1. The molecule has 0 unspecified atom stereocenters. The van der Waals surface area contributed by atoms with E-state index < -0.39 is 0 Å². The molecule has 2 heterocycles. The maximum atomic E-state index is 11.3. The second kappa shape index (κ2) is 4.44. The van der Waals surface area contributed by atoms with E-state index in [-0.39, 0.29) is 5.91 Å². The Hall–Kier alpha value is -1.36. The van der Waals surface area contributed by atoms with Crippen LogP contribution in [-0.2, 0) is 0 Å². The number of nitrogens with zero attached hydrogens (tertiary/aromatic N) is 2. The second-order valence-electron chi connectivity index (χ2n) is 3.77. The number of piperidine rings is 1. The van der Waals surface area contributed by atoms with Gasteiger partial charge in [-0.25, -0.2) is 4.98 Å². The number of carbonyl (C=O) groups excluding carboxylic acids is 1. The summed E-state index contributed by atoms with van der Waals surface area (Å²) >= 11 is 0. The van der Waals surface area contributed by atoms with Gasteiger partial charge in [-0.15, -0.1) is 0 Å². The lowest BCUT2D eigenvalue weighted by Crippen LogP contribution is -2.29. The molecule has 0 radical (unpaired) electrons. The van der Waals surface area contributed by atoms with Gasteiger partial charge in [-0.2, -0.15) is 0 Å². The van der Waals surface area contributed by atoms with Crippen molar-refractivity contribution in [1.29, 1.82) is 0 Å². The Bertz CT molecular complexity index is 341. The summed E-state index contributed by atoms with van der Waals surface area (Å²) in [6.45, 7) is 2.08. The molecule has 1 aromatic rings. The molecule has 0 saturated carbocycles. The average molecular weight is 208 g/mol. The number of rotatable bonds is 2. The summed E-state index contributed by atoms with van der Waals surface area (Å²) in [6, 6.07) is 0.483. The van der Waals surface area contributed by atoms with Crippen LogP contribution in [0.3, 0.4) is 0 Å². The maximum absolute atomic E-state index is 11.3. The first-order valence-corrected chi connectivity index (χ1v) is 5.27. The van der Waals surface area contributed by atoms with Crippen LogP contribution in [0.15, 0.2) is 12.5 Å². The summed E-state index contributed by atoms with van der Waals surface area (Å²) in [7, 11) is 1.62. The summed E-state index contributed by atoms with van der Waals surface area (Å²) in [5.74, 6) is -0.123. The highest BCUT2D eigenvalue weighted by molar-refractivity contribution is 5.91. The molecule has 1 amide bonds. The van der Waals surface area contributed by atoms with Gasteiger partial charge in [0.1, 0.15) is 5.69 Å². The molecule has 0 bridgehead atoms. The fourth-order valence-corrected chi connectivity index (χ4v) is 1.89. The Kier molecular flexibility index (Phi) is 3.01. The zero-order chi connectivity index (χ0) is 10.7. The minimum Gasteiger partial charge on any atom is -0.354 e. The predicted molar refractivity (Wildman–Crippen MR) is 56.8 cm³/mol. The van der Waals surface area contributed by atoms with Crippen molar-refractivity contribution < 1.29 is 4.79 Å². The van der Waals surface area contributed by atoms with Crippen LogP contribution in [0.1, 0.15) is 29.4 Å². The van der Waals surface area contributed by atoms with E-state index in [2.05, 4.69) is 15.6 Å². The number of imidazole rings is 1. The molecule has 15 heavy (non-hydrogen) atoms. The molecular weight excluding hydrogens is 192 g/mol. The van der Waals surface area contributed by atoms with Crippen molar-refractivity contribution in [2.75, 3.05) is 20.1 Å². The molecule has 82 valence electrons. The van der Waals surface area contributed by atoms with Crippen molar-refractivity contribution in [3.8, 4) is 0 Å². The van der Waals surface area contributed by atoms with Gasteiger partial charge in [0.15, 0.2) is 0 Å². The minimum absolute atomic E-state index is 0.123. The zero-order valence-electron chi connectivity index (χ0n) is 8.86. The Morgan fingerprint density at radius 2 is 2.33 bits per heavy atom. The van der Waals surface area contributed by atoms with Gasteiger partial charge in [0.05, 0.1) is 6.33 Å². The van der Waals surface area contributed by atoms with Gasteiger partial charge in [-0.1, -0.05) is 0 Å². The molecule has 2 N–H and O–H groups in total. The first-order valence-electron chi connectivity index (χ1n) is 5.27. The highest BCUT2D eigenvalue weighted by Gasteiger charge is 2.16. The number of hydrogen-bond donors (Lipinski definition) is 2. The maximum Gasteiger partial charge on any atom is 0.271 e. The lowest BCUT2D eigenvalue weighted by Gasteiger charge is -2.23. The van der Waals surface area contributed by atoms with E-state index >= 15 is 0 Å². The molecule has 0 atom stereocenters. The molecular formula is C10H16N4O. The zero-order valence-corrected chi connectivity index (χ0v) is 8.86. The third-order valence-electron chi connectivity index (χ3n) is 2.79. The normalized spacial score (nSPS) is 17.7. The van der Waals surface area contributed by atoms with Gasteiger partial charge in [0.25, 0.3) is 5.91 Å². The van der Waals surface area contributed by atoms with Crippen LogP contribution < -0.4 is 10.6 Å². The lowest BCUT2D eigenvalue weighted by molar-refractivity contribution is 0.0958. The van der Waals surface area contributed by atoms with Gasteiger partial charge >= 0.3 is 0 Å². The predicted octanol–water partition coefficient (Wildman–Crippen LogP) is 0.167. The minimum atomic E-state index is -0.123. The molecule has 1 aromatic heterocycles. The molecule has 0 aliphatic carbocycles. The smallest absolute Gasteiger partial charge is 0.271 e. The Labute approximate surface area is 88.9 Å². The molecule has 5 nitrogen and oxygen atoms in total. The topological polar surface area (TPSA) is 59.0 Å². The van der Waals surface area contributed by atoms with E-state index in [9.17, 15) is 4.79 Å². The van der Waals surface area contributed by atoms with Crippen LogP contribution in [0.2, 0.25) is 0 Å². The van der Waals surface area contributed by atoms with Gasteiger partial charge in [0.2, 0.25) is 0 Å². The number of hydrogen-bond acceptors (Lipinski definition) is 3. The standard InChI is InChI=1S/C10H16N4O/c1-11-10(15)9-6-14(7-13-9)8-2-4-12-5-3-8/h6-8,12H,2-5H2,1H3,(H,11,15). The molecule has 0 aromatic carbocycles. The average Bonchev–Trinajstić information content (AvgIpc) is 2.78. The molecule has 0 spiro atoms. The van der Waals surface area contributed by atoms with Crippen LogP contribution >= 0.6 is 0 Å². The summed E-state index contributed by atoms with van der Waals surface area (Å²) in [5, 5.41) is 5.88. The van der Waals surface area contributed by atoms with E-state index in [1.165, 1.54) is 0 Å². The van der Waals surface area contributed by atoms with Gasteiger partial charge in [-0.05, 0) is 25.9 Å². The van der Waals surface area contributed by atoms with E-state index in [1.54, 1.807) is 13.4 Å². The van der Waals surface area contributed by atoms with Crippen molar-refractivity contribution in [1.82, 2.24) is 20.2 Å². The highest BCUT2D eigenvalue weighted by atomic mass is 16.1. The fourth-order valence-electron chi connectivity index (χ4n) is 1.89. The van der Waals surface area contributed by atoms with Crippen LogP contribution in [0.4, 0.5) is 0 Å². The monoisotopic (exact) mass is 208 g/mol. The van der Waals surface area contributed by atoms with Crippen LogP contribution in [0.5, 0.6) is 0 Å². The summed E-state index contributed by atoms with van der Waals surface area (Å²) in [6.07, 6.45) is 5.78. The summed E-state index contributed by atoms with van der Waals surface area (Å²) in [4.78, 5) is 15.4. The third-order valence-corrected chi connectivity index (χ3v) is 2.79. The van der Waals surface area contributed by atoms with Crippen molar-refractivity contribution in [2.45, 2.75) is 18.9 Å². The number of aromatic nitrogens is 2. The number of amides is 1. The van der Waals surface area contributed by atoms with E-state index in [0.29, 0.717) is 11.7 Å². The summed E-state index contributed by atoms with van der Waals surface area (Å²) in [5.41, 5.74) is 0.496. The quantitative estimate of drug-likeness (QED) is 0.728. The first-order chi connectivity index (χ1) is 7.31. The van der Waals surface area contributed by atoms with E-state index in [0.717, 1.165) is 25.9 Å². The van der Waals surface area contributed by atoms with Crippen molar-refractivity contribution in [3.05, 3.63) is 18.2 Å². The number of nitrogens with one attached hydrogen (secondary N) is 2. The third kappa shape index (κ3) is 2.18. The highest BCUT2D eigenvalue weighted by Crippen LogP contribution is 2.18. The van der Waals surface area contributed by atoms with Crippen LogP contribution in [0.25, 0.3) is 0 Å². The lowest BCUT2D eigenvalue weighted by atomic mass is 10.1. The van der Waals surface area contributed by atoms with Crippen molar-refractivity contribution in [3.63, 3.8) is 0 Å². The Balaban J connectivity index is 2.08. The molecule has 1 saturated heterocycles. The summed E-state index contributed by atoms with van der Waals surface area (Å²) < 4.78 is 2.05. The first kappa shape index (κ1) is 10.2. The fraction of sp³-hybridized carbons (Fsp3) is 0.600. The second-order valence-corrected chi connectivity index (χ2v) is 3.77. The van der Waals surface area contributed by atoms with Crippen LogP contribution in [0, 0.1) is 0 Å². The molecule has 1 aliphatic heterocycles. The van der Waals surface area contributed by atoms with Gasteiger partial charge < -0.3 is 15.2 Å². The van der Waals surface area contributed by atoms with E-state index in [1.807, 2.05) is 10.8 Å². The molecule has 1 aliphatic rings. The van der Waals surface area contributed by atoms with Crippen molar-refractivity contribution >= 4 is 5.91 Å². The van der Waals surface area contributed by atoms with Gasteiger partial charge in [0, 0.05) is 19.3 Å². The van der Waals surface area contributed by atoms with Crippen LogP contribution in [-0.4, -0.2) is 35.6 Å². The SMILES string of the molecule is CNC(=O)c1cn(C2CCNCC2)cn1. The largest absolute Gasteiger partial charge is 0.354 e. The van der Waals surface area contributed by atoms with Gasteiger partial charge in [-0.3, -0.25) is 4.79 Å². The molecule has 2 rings (SSSR count).